The van der Waals surface area contributed by atoms with Crippen LogP contribution in [0.4, 0.5) is 14.9 Å². The minimum atomic E-state index is -1.24. The molecule has 0 bridgehead atoms. The smallest absolute Gasteiger partial charge is 0.337 e. The maximum Gasteiger partial charge on any atom is 0.337 e. The number of carbonyl (C=O) groups excluding carboxylic acids is 1. The third-order valence-corrected chi connectivity index (χ3v) is 3.22. The monoisotopic (exact) mass is 296 g/mol. The Bertz CT molecular complexity index is 530. The van der Waals surface area contributed by atoms with Gasteiger partial charge in [0.25, 0.3) is 0 Å². The molecule has 3 N–H and O–H groups in total. The lowest BCUT2D eigenvalue weighted by molar-refractivity contribution is 0.0187. The van der Waals surface area contributed by atoms with E-state index in [9.17, 15) is 14.0 Å². The lowest BCUT2D eigenvalue weighted by atomic mass is 10.1. The summed E-state index contributed by atoms with van der Waals surface area (Å²) in [5.74, 6) is -1.85. The zero-order chi connectivity index (χ0) is 15.2. The van der Waals surface area contributed by atoms with Crippen LogP contribution in [-0.2, 0) is 4.74 Å². The van der Waals surface area contributed by atoms with Crippen LogP contribution >= 0.6 is 0 Å². The highest BCUT2D eigenvalue weighted by atomic mass is 19.1. The van der Waals surface area contributed by atoms with Crippen molar-refractivity contribution in [3.63, 3.8) is 0 Å². The Kier molecular flexibility index (Phi) is 5.10. The van der Waals surface area contributed by atoms with Crippen molar-refractivity contribution in [2.24, 2.45) is 0 Å². The fourth-order valence-corrected chi connectivity index (χ4v) is 2.15. The van der Waals surface area contributed by atoms with E-state index < -0.39 is 17.8 Å². The summed E-state index contributed by atoms with van der Waals surface area (Å²) in [6.07, 6.45) is 2.92. The molecule has 0 saturated carbocycles. The zero-order valence-electron chi connectivity index (χ0n) is 11.4. The van der Waals surface area contributed by atoms with Gasteiger partial charge < -0.3 is 20.5 Å². The molecule has 0 aromatic heterocycles. The van der Waals surface area contributed by atoms with Crippen LogP contribution in [-0.4, -0.2) is 36.4 Å². The molecule has 1 fully saturated rings. The Hall–Kier alpha value is -2.15. The Labute approximate surface area is 121 Å². The van der Waals surface area contributed by atoms with Gasteiger partial charge in [-0.05, 0) is 37.5 Å². The van der Waals surface area contributed by atoms with E-state index in [4.69, 9.17) is 9.84 Å². The molecule has 2 rings (SSSR count). The number of hydrogen-bond donors (Lipinski definition) is 3. The van der Waals surface area contributed by atoms with Crippen LogP contribution in [0.5, 0.6) is 0 Å². The van der Waals surface area contributed by atoms with Crippen LogP contribution in [0.1, 0.15) is 29.6 Å². The molecule has 2 amide bonds. The first-order valence-electron chi connectivity index (χ1n) is 6.75. The van der Waals surface area contributed by atoms with E-state index in [1.54, 1.807) is 0 Å². The van der Waals surface area contributed by atoms with Gasteiger partial charge in [0.05, 0.1) is 17.4 Å². The Morgan fingerprint density at radius 3 is 2.86 bits per heavy atom. The highest BCUT2D eigenvalue weighted by molar-refractivity contribution is 5.99. The van der Waals surface area contributed by atoms with Gasteiger partial charge in [0.2, 0.25) is 0 Å². The number of carboxylic acid groups (broad SMARTS) is 1. The number of anilines is 1. The number of benzene rings is 1. The van der Waals surface area contributed by atoms with Gasteiger partial charge in [0.15, 0.2) is 0 Å². The molecular formula is C14H17FN2O4. The van der Waals surface area contributed by atoms with Crippen LogP contribution in [0.25, 0.3) is 0 Å². The molecule has 1 atom stereocenters. The number of carboxylic acids is 1. The summed E-state index contributed by atoms with van der Waals surface area (Å²) in [7, 11) is 0. The van der Waals surface area contributed by atoms with Gasteiger partial charge in [-0.2, -0.15) is 0 Å². The van der Waals surface area contributed by atoms with Crippen molar-refractivity contribution in [3.8, 4) is 0 Å². The normalized spacial score (nSPS) is 18.0. The molecule has 6 nitrogen and oxygen atoms in total. The van der Waals surface area contributed by atoms with Gasteiger partial charge in [-0.1, -0.05) is 0 Å². The summed E-state index contributed by atoms with van der Waals surface area (Å²) in [6.45, 7) is 1.02. The average molecular weight is 296 g/mol. The fourth-order valence-electron chi connectivity index (χ4n) is 2.15. The van der Waals surface area contributed by atoms with Crippen molar-refractivity contribution in [3.05, 3.63) is 29.6 Å². The number of rotatable bonds is 4. The molecule has 1 aliphatic rings. The summed E-state index contributed by atoms with van der Waals surface area (Å²) in [5, 5.41) is 13.9. The predicted molar refractivity (Wildman–Crippen MR) is 74.0 cm³/mol. The van der Waals surface area contributed by atoms with E-state index in [2.05, 4.69) is 10.6 Å². The van der Waals surface area contributed by atoms with Crippen LogP contribution in [0.15, 0.2) is 18.2 Å². The van der Waals surface area contributed by atoms with Crippen molar-refractivity contribution >= 4 is 17.7 Å². The third kappa shape index (κ3) is 4.42. The first-order chi connectivity index (χ1) is 10.1. The maximum absolute atomic E-state index is 13.2. The summed E-state index contributed by atoms with van der Waals surface area (Å²) < 4.78 is 18.6. The van der Waals surface area contributed by atoms with E-state index in [-0.39, 0.29) is 17.4 Å². The number of halogens is 1. The summed E-state index contributed by atoms with van der Waals surface area (Å²) in [6, 6.07) is 2.53. The standard InChI is InChI=1S/C14H17FN2O4/c15-9-4-5-11(13(18)19)12(7-9)17-14(20)16-8-10-3-1-2-6-21-10/h4-5,7,10H,1-3,6,8H2,(H,18,19)(H2,16,17,20). The number of carbonyl (C=O) groups is 2. The van der Waals surface area contributed by atoms with E-state index in [1.165, 1.54) is 0 Å². The third-order valence-electron chi connectivity index (χ3n) is 3.22. The quantitative estimate of drug-likeness (QED) is 0.795. The maximum atomic E-state index is 13.2. The molecule has 0 aliphatic carbocycles. The summed E-state index contributed by atoms with van der Waals surface area (Å²) >= 11 is 0. The van der Waals surface area contributed by atoms with Crippen LogP contribution in [0, 0.1) is 5.82 Å². The van der Waals surface area contributed by atoms with E-state index in [0.29, 0.717) is 13.2 Å². The van der Waals surface area contributed by atoms with Crippen molar-refractivity contribution < 1.29 is 23.8 Å². The number of urea groups is 1. The number of aromatic carboxylic acids is 1. The van der Waals surface area contributed by atoms with E-state index in [0.717, 1.165) is 37.5 Å². The SMILES string of the molecule is O=C(NCC1CCCCO1)Nc1cc(F)ccc1C(=O)O. The molecule has 0 radical (unpaired) electrons. The number of hydrogen-bond acceptors (Lipinski definition) is 3. The van der Waals surface area contributed by atoms with Crippen LogP contribution in [0.3, 0.4) is 0 Å². The van der Waals surface area contributed by atoms with Crippen molar-refractivity contribution in [1.82, 2.24) is 5.32 Å². The molecule has 114 valence electrons. The molecule has 1 aliphatic heterocycles. The topological polar surface area (TPSA) is 87.7 Å². The summed E-state index contributed by atoms with van der Waals surface area (Å²) in [4.78, 5) is 22.8. The molecule has 1 heterocycles. The van der Waals surface area contributed by atoms with Crippen molar-refractivity contribution in [1.29, 1.82) is 0 Å². The molecule has 21 heavy (non-hydrogen) atoms. The minimum Gasteiger partial charge on any atom is -0.478 e. The average Bonchev–Trinajstić information content (AvgIpc) is 2.46. The Morgan fingerprint density at radius 2 is 2.19 bits per heavy atom. The number of amides is 2. The predicted octanol–water partition coefficient (Wildman–Crippen LogP) is 2.21. The van der Waals surface area contributed by atoms with Crippen LogP contribution < -0.4 is 10.6 Å². The van der Waals surface area contributed by atoms with E-state index >= 15 is 0 Å². The lowest BCUT2D eigenvalue weighted by Gasteiger charge is -2.22. The van der Waals surface area contributed by atoms with Gasteiger partial charge in [0.1, 0.15) is 5.82 Å². The van der Waals surface area contributed by atoms with Gasteiger partial charge in [-0.25, -0.2) is 14.0 Å². The minimum absolute atomic E-state index is 0.0315. The van der Waals surface area contributed by atoms with Gasteiger partial charge in [-0.3, -0.25) is 0 Å². The second-order valence-electron chi connectivity index (χ2n) is 4.82. The van der Waals surface area contributed by atoms with Gasteiger partial charge >= 0.3 is 12.0 Å². The molecule has 7 heteroatoms. The van der Waals surface area contributed by atoms with E-state index in [1.807, 2.05) is 0 Å². The molecule has 1 aromatic carbocycles. The second-order valence-corrected chi connectivity index (χ2v) is 4.82. The fraction of sp³-hybridized carbons (Fsp3) is 0.429. The molecular weight excluding hydrogens is 279 g/mol. The number of nitrogens with one attached hydrogen (secondary N) is 2. The van der Waals surface area contributed by atoms with Gasteiger partial charge in [-0.15, -0.1) is 0 Å². The van der Waals surface area contributed by atoms with Gasteiger partial charge in [0, 0.05) is 13.2 Å². The van der Waals surface area contributed by atoms with Crippen molar-refractivity contribution in [2.45, 2.75) is 25.4 Å². The summed E-state index contributed by atoms with van der Waals surface area (Å²) in [5.41, 5.74) is -0.245. The zero-order valence-corrected chi connectivity index (χ0v) is 11.4. The molecule has 1 saturated heterocycles. The highest BCUT2D eigenvalue weighted by Gasteiger charge is 2.16. The lowest BCUT2D eigenvalue weighted by Crippen LogP contribution is -2.38. The Balaban J connectivity index is 1.92. The van der Waals surface area contributed by atoms with Crippen LogP contribution in [0.2, 0.25) is 0 Å². The number of ether oxygens (including phenoxy) is 1. The first kappa shape index (κ1) is 15.2. The molecule has 1 unspecified atom stereocenters. The first-order valence-corrected chi connectivity index (χ1v) is 6.75. The molecule has 1 aromatic rings. The second kappa shape index (κ2) is 7.03. The Morgan fingerprint density at radius 1 is 1.38 bits per heavy atom. The largest absolute Gasteiger partial charge is 0.478 e. The van der Waals surface area contributed by atoms with Crippen molar-refractivity contribution in [2.75, 3.05) is 18.5 Å². The molecule has 0 spiro atoms. The highest BCUT2D eigenvalue weighted by Crippen LogP contribution is 2.17.